The summed E-state index contributed by atoms with van der Waals surface area (Å²) in [5, 5.41) is 6.40. The monoisotopic (exact) mass is 328 g/mol. The van der Waals surface area contributed by atoms with Crippen LogP contribution in [0.5, 0.6) is 0 Å². The second-order valence-electron chi connectivity index (χ2n) is 4.79. The van der Waals surface area contributed by atoms with E-state index in [1.807, 2.05) is 6.07 Å². The van der Waals surface area contributed by atoms with Crippen LogP contribution >= 0.6 is 12.2 Å². The van der Waals surface area contributed by atoms with Gasteiger partial charge in [0, 0.05) is 16.9 Å². The molecule has 0 spiro atoms. The minimum Gasteiger partial charge on any atom is -0.465 e. The molecule has 6 heteroatoms. The van der Waals surface area contributed by atoms with Gasteiger partial charge >= 0.3 is 5.97 Å². The molecule has 0 aliphatic heterocycles. The van der Waals surface area contributed by atoms with Crippen molar-refractivity contribution >= 4 is 40.5 Å². The molecule has 23 heavy (non-hydrogen) atoms. The second-order valence-corrected chi connectivity index (χ2v) is 5.19. The van der Waals surface area contributed by atoms with Crippen LogP contribution in [-0.4, -0.2) is 24.0 Å². The molecular weight excluding hydrogens is 312 g/mol. The van der Waals surface area contributed by atoms with E-state index in [0.29, 0.717) is 16.2 Å². The molecule has 0 amide bonds. The average Bonchev–Trinajstić information content (AvgIpc) is 2.55. The standard InChI is InChI=1S/C17H16N2O3S/c1-11(20)13-4-3-5-15(10-13)19-17(23)18-14-8-6-12(7-9-14)16(21)22-2/h3-10H,1-2H3,(H2,18,19,23). The molecule has 0 radical (unpaired) electrons. The molecule has 0 atom stereocenters. The van der Waals surface area contributed by atoms with Gasteiger partial charge in [0.25, 0.3) is 0 Å². The fraction of sp³-hybridized carbons (Fsp3) is 0.118. The lowest BCUT2D eigenvalue weighted by molar-refractivity contribution is 0.0600. The first-order chi connectivity index (χ1) is 11.0. The van der Waals surface area contributed by atoms with Crippen molar-refractivity contribution in [2.24, 2.45) is 0 Å². The molecule has 0 unspecified atom stereocenters. The summed E-state index contributed by atoms with van der Waals surface area (Å²) in [6, 6.07) is 13.8. The molecular formula is C17H16N2O3S. The quantitative estimate of drug-likeness (QED) is 0.509. The zero-order valence-electron chi connectivity index (χ0n) is 12.8. The predicted octanol–water partition coefficient (Wildman–Crippen LogP) is 3.48. The van der Waals surface area contributed by atoms with Crippen LogP contribution in [0.25, 0.3) is 0 Å². The summed E-state index contributed by atoms with van der Waals surface area (Å²) in [6.07, 6.45) is 0. The van der Waals surface area contributed by atoms with E-state index >= 15 is 0 Å². The van der Waals surface area contributed by atoms with Crippen LogP contribution in [0, 0.1) is 0 Å². The number of thiocarbonyl (C=S) groups is 1. The summed E-state index contributed by atoms with van der Waals surface area (Å²) in [5.41, 5.74) is 2.53. The Balaban J connectivity index is 2.01. The molecule has 2 rings (SSSR count). The third-order valence-electron chi connectivity index (χ3n) is 3.09. The van der Waals surface area contributed by atoms with Gasteiger partial charge in [0.05, 0.1) is 12.7 Å². The Morgan fingerprint density at radius 2 is 1.61 bits per heavy atom. The predicted molar refractivity (Wildman–Crippen MR) is 94.1 cm³/mol. The van der Waals surface area contributed by atoms with Crippen molar-refractivity contribution < 1.29 is 14.3 Å². The van der Waals surface area contributed by atoms with E-state index in [1.54, 1.807) is 42.5 Å². The van der Waals surface area contributed by atoms with Crippen LogP contribution in [0.1, 0.15) is 27.6 Å². The molecule has 5 nitrogen and oxygen atoms in total. The maximum atomic E-state index is 11.4. The molecule has 118 valence electrons. The Bertz CT molecular complexity index is 742. The summed E-state index contributed by atoms with van der Waals surface area (Å²) in [4.78, 5) is 22.7. The van der Waals surface area contributed by atoms with Crippen LogP contribution in [0.4, 0.5) is 11.4 Å². The molecule has 2 aromatic carbocycles. The molecule has 2 aromatic rings. The Morgan fingerprint density at radius 1 is 0.957 bits per heavy atom. The Hall–Kier alpha value is -2.73. The number of hydrogen-bond donors (Lipinski definition) is 2. The fourth-order valence-electron chi connectivity index (χ4n) is 1.92. The summed E-state index contributed by atoms with van der Waals surface area (Å²) in [5.74, 6) is -0.399. The third kappa shape index (κ3) is 4.62. The van der Waals surface area contributed by atoms with Gasteiger partial charge in [-0.2, -0.15) is 0 Å². The number of ketones is 1. The van der Waals surface area contributed by atoms with Crippen LogP contribution < -0.4 is 10.6 Å². The van der Waals surface area contributed by atoms with Crippen LogP contribution in [-0.2, 0) is 4.74 Å². The maximum absolute atomic E-state index is 11.4. The number of nitrogens with one attached hydrogen (secondary N) is 2. The van der Waals surface area contributed by atoms with Gasteiger partial charge < -0.3 is 15.4 Å². The fourth-order valence-corrected chi connectivity index (χ4v) is 2.15. The van der Waals surface area contributed by atoms with Crippen molar-refractivity contribution in [3.05, 3.63) is 59.7 Å². The number of anilines is 2. The molecule has 2 N–H and O–H groups in total. The minimum absolute atomic E-state index is 0.00840. The van der Waals surface area contributed by atoms with Gasteiger partial charge in [-0.1, -0.05) is 12.1 Å². The van der Waals surface area contributed by atoms with Crippen molar-refractivity contribution in [1.82, 2.24) is 0 Å². The van der Waals surface area contributed by atoms with Crippen LogP contribution in [0.2, 0.25) is 0 Å². The van der Waals surface area contributed by atoms with E-state index in [4.69, 9.17) is 12.2 Å². The zero-order valence-corrected chi connectivity index (χ0v) is 13.6. The zero-order chi connectivity index (χ0) is 16.8. The summed E-state index contributed by atoms with van der Waals surface area (Å²) >= 11 is 5.24. The number of hydrogen-bond acceptors (Lipinski definition) is 4. The topological polar surface area (TPSA) is 67.4 Å². The average molecular weight is 328 g/mol. The van der Waals surface area contributed by atoms with E-state index < -0.39 is 5.97 Å². The highest BCUT2D eigenvalue weighted by molar-refractivity contribution is 7.80. The van der Waals surface area contributed by atoms with Gasteiger partial charge in [-0.25, -0.2) is 4.79 Å². The largest absolute Gasteiger partial charge is 0.465 e. The minimum atomic E-state index is -0.390. The number of benzene rings is 2. The molecule has 0 heterocycles. The van der Waals surface area contributed by atoms with Crippen molar-refractivity contribution in [1.29, 1.82) is 0 Å². The van der Waals surface area contributed by atoms with E-state index in [1.165, 1.54) is 14.0 Å². The van der Waals surface area contributed by atoms with Gasteiger partial charge in [-0.15, -0.1) is 0 Å². The SMILES string of the molecule is COC(=O)c1ccc(NC(=S)Nc2cccc(C(C)=O)c2)cc1. The molecule has 0 saturated carbocycles. The van der Waals surface area contributed by atoms with Gasteiger partial charge in [0.2, 0.25) is 0 Å². The molecule has 0 fully saturated rings. The summed E-state index contributed by atoms with van der Waals surface area (Å²) in [6.45, 7) is 1.51. The molecule has 0 bridgehead atoms. The Labute approximate surface area is 139 Å². The van der Waals surface area contributed by atoms with Gasteiger partial charge in [-0.05, 0) is 55.5 Å². The number of ether oxygens (including phenoxy) is 1. The van der Waals surface area contributed by atoms with Crippen LogP contribution in [0.15, 0.2) is 48.5 Å². The number of carbonyl (C=O) groups excluding carboxylic acids is 2. The van der Waals surface area contributed by atoms with Gasteiger partial charge in [0.1, 0.15) is 0 Å². The maximum Gasteiger partial charge on any atom is 0.337 e. The van der Waals surface area contributed by atoms with E-state index in [0.717, 1.165) is 11.4 Å². The lowest BCUT2D eigenvalue weighted by Gasteiger charge is -2.11. The normalized spacial score (nSPS) is 9.83. The number of methoxy groups -OCH3 is 1. The van der Waals surface area contributed by atoms with Gasteiger partial charge in [0.15, 0.2) is 10.9 Å². The molecule has 0 aliphatic rings. The van der Waals surface area contributed by atoms with E-state index in [-0.39, 0.29) is 5.78 Å². The van der Waals surface area contributed by atoms with E-state index in [2.05, 4.69) is 15.4 Å². The first-order valence-corrected chi connectivity index (χ1v) is 7.28. The number of esters is 1. The van der Waals surface area contributed by atoms with Gasteiger partial charge in [-0.3, -0.25) is 4.79 Å². The second kappa shape index (κ2) is 7.51. The number of rotatable bonds is 4. The molecule has 0 aromatic heterocycles. The van der Waals surface area contributed by atoms with Crippen molar-refractivity contribution in [2.75, 3.05) is 17.7 Å². The van der Waals surface area contributed by atoms with E-state index in [9.17, 15) is 9.59 Å². The summed E-state index contributed by atoms with van der Waals surface area (Å²) < 4.78 is 4.64. The smallest absolute Gasteiger partial charge is 0.337 e. The van der Waals surface area contributed by atoms with Crippen molar-refractivity contribution in [2.45, 2.75) is 6.92 Å². The Kier molecular flexibility index (Phi) is 5.43. The highest BCUT2D eigenvalue weighted by Crippen LogP contribution is 2.14. The third-order valence-corrected chi connectivity index (χ3v) is 3.29. The summed E-state index contributed by atoms with van der Waals surface area (Å²) in [7, 11) is 1.34. The van der Waals surface area contributed by atoms with Crippen molar-refractivity contribution in [3.8, 4) is 0 Å². The highest BCUT2D eigenvalue weighted by Gasteiger charge is 2.06. The lowest BCUT2D eigenvalue weighted by Crippen LogP contribution is -2.19. The number of Topliss-reactive ketones (excluding diaryl/α,β-unsaturated/α-hetero) is 1. The lowest BCUT2D eigenvalue weighted by atomic mass is 10.1. The van der Waals surface area contributed by atoms with Crippen LogP contribution in [0.3, 0.4) is 0 Å². The first-order valence-electron chi connectivity index (χ1n) is 6.87. The number of carbonyl (C=O) groups is 2. The first kappa shape index (κ1) is 16.6. The highest BCUT2D eigenvalue weighted by atomic mass is 32.1. The van der Waals surface area contributed by atoms with Crippen molar-refractivity contribution in [3.63, 3.8) is 0 Å². The Morgan fingerprint density at radius 3 is 2.22 bits per heavy atom. The molecule has 0 saturated heterocycles. The molecule has 0 aliphatic carbocycles.